The lowest BCUT2D eigenvalue weighted by Crippen LogP contribution is -2.38. The number of carbonyl (C=O) groups excluding carboxylic acids is 1. The third-order valence-corrected chi connectivity index (χ3v) is 6.79. The highest BCUT2D eigenvalue weighted by Gasteiger charge is 2.27. The first-order valence-corrected chi connectivity index (χ1v) is 11.3. The molecule has 156 valence electrons. The van der Waals surface area contributed by atoms with E-state index >= 15 is 0 Å². The Bertz CT molecular complexity index is 1180. The van der Waals surface area contributed by atoms with Gasteiger partial charge < -0.3 is 5.32 Å². The van der Waals surface area contributed by atoms with Gasteiger partial charge in [0.2, 0.25) is 5.91 Å². The molecule has 0 saturated heterocycles. The number of hydrogen-bond donors (Lipinski definition) is 1. The highest BCUT2D eigenvalue weighted by molar-refractivity contribution is 7.92. The summed E-state index contributed by atoms with van der Waals surface area (Å²) < 4.78 is 27.7. The summed E-state index contributed by atoms with van der Waals surface area (Å²) >= 11 is 17.9. The van der Waals surface area contributed by atoms with Crippen LogP contribution < -0.4 is 9.62 Å². The Kier molecular flexibility index (Phi) is 6.93. The van der Waals surface area contributed by atoms with E-state index in [1.54, 1.807) is 30.3 Å². The van der Waals surface area contributed by atoms with Crippen LogP contribution >= 0.6 is 34.8 Å². The molecule has 30 heavy (non-hydrogen) atoms. The molecule has 0 fully saturated rings. The van der Waals surface area contributed by atoms with E-state index in [1.165, 1.54) is 30.3 Å². The zero-order chi connectivity index (χ0) is 21.9. The lowest BCUT2D eigenvalue weighted by Gasteiger charge is -2.24. The van der Waals surface area contributed by atoms with Gasteiger partial charge in [0.1, 0.15) is 6.54 Å². The Morgan fingerprint density at radius 1 is 0.933 bits per heavy atom. The average Bonchev–Trinajstić information content (AvgIpc) is 2.69. The quantitative estimate of drug-likeness (QED) is 0.482. The number of aryl methyl sites for hydroxylation is 1. The molecule has 0 atom stereocenters. The van der Waals surface area contributed by atoms with E-state index in [0.717, 1.165) is 9.87 Å². The first-order chi connectivity index (χ1) is 14.2. The van der Waals surface area contributed by atoms with Crippen LogP contribution in [0.25, 0.3) is 0 Å². The molecule has 0 radical (unpaired) electrons. The van der Waals surface area contributed by atoms with Crippen LogP contribution in [0.4, 0.5) is 11.4 Å². The summed E-state index contributed by atoms with van der Waals surface area (Å²) in [5.41, 5.74) is 1.50. The van der Waals surface area contributed by atoms with Crippen molar-refractivity contribution in [2.75, 3.05) is 16.2 Å². The van der Waals surface area contributed by atoms with Crippen molar-refractivity contribution in [3.05, 3.63) is 87.4 Å². The van der Waals surface area contributed by atoms with Gasteiger partial charge in [0, 0.05) is 10.0 Å². The van der Waals surface area contributed by atoms with Crippen LogP contribution in [0.2, 0.25) is 15.1 Å². The summed E-state index contributed by atoms with van der Waals surface area (Å²) in [4.78, 5) is 12.8. The number of nitrogens with zero attached hydrogens (tertiary/aromatic N) is 1. The fourth-order valence-electron chi connectivity index (χ4n) is 2.75. The van der Waals surface area contributed by atoms with Crippen molar-refractivity contribution in [3.63, 3.8) is 0 Å². The van der Waals surface area contributed by atoms with Gasteiger partial charge in [-0.25, -0.2) is 8.42 Å². The van der Waals surface area contributed by atoms with E-state index in [9.17, 15) is 13.2 Å². The van der Waals surface area contributed by atoms with Crippen LogP contribution in [0, 0.1) is 6.92 Å². The summed E-state index contributed by atoms with van der Waals surface area (Å²) in [5.74, 6) is -0.571. The Hall–Kier alpha value is -2.25. The SMILES string of the molecule is Cc1cccc(N(CC(=O)Nc2cc(Cl)ccc2Cl)S(=O)(=O)c2ccc(Cl)cc2)c1. The molecule has 3 aromatic carbocycles. The van der Waals surface area contributed by atoms with Crippen molar-refractivity contribution >= 4 is 62.1 Å². The molecule has 0 spiro atoms. The van der Waals surface area contributed by atoms with Gasteiger partial charge in [-0.1, -0.05) is 46.9 Å². The van der Waals surface area contributed by atoms with Crippen LogP contribution in [0.1, 0.15) is 5.56 Å². The maximum Gasteiger partial charge on any atom is 0.264 e. The molecule has 5 nitrogen and oxygen atoms in total. The van der Waals surface area contributed by atoms with Crippen LogP contribution in [0.15, 0.2) is 71.6 Å². The van der Waals surface area contributed by atoms with Gasteiger partial charge in [-0.2, -0.15) is 0 Å². The fraction of sp³-hybridized carbons (Fsp3) is 0.0952. The summed E-state index contributed by atoms with van der Waals surface area (Å²) in [6, 6.07) is 17.2. The van der Waals surface area contributed by atoms with Crippen molar-refractivity contribution in [2.45, 2.75) is 11.8 Å². The highest BCUT2D eigenvalue weighted by atomic mass is 35.5. The molecule has 0 unspecified atom stereocenters. The maximum atomic E-state index is 13.3. The second-order valence-corrected chi connectivity index (χ2v) is 9.62. The van der Waals surface area contributed by atoms with Gasteiger partial charge in [-0.3, -0.25) is 9.10 Å². The minimum atomic E-state index is -4.04. The van der Waals surface area contributed by atoms with Crippen molar-refractivity contribution in [2.24, 2.45) is 0 Å². The number of halogens is 3. The number of anilines is 2. The molecule has 9 heteroatoms. The van der Waals surface area contributed by atoms with E-state index in [-0.39, 0.29) is 9.92 Å². The number of hydrogen-bond acceptors (Lipinski definition) is 3. The van der Waals surface area contributed by atoms with Crippen molar-refractivity contribution in [1.82, 2.24) is 0 Å². The van der Waals surface area contributed by atoms with Gasteiger partial charge in [0.15, 0.2) is 0 Å². The molecule has 0 aromatic heterocycles. The zero-order valence-corrected chi connectivity index (χ0v) is 18.9. The van der Waals surface area contributed by atoms with Crippen LogP contribution in [0.5, 0.6) is 0 Å². The summed E-state index contributed by atoms with van der Waals surface area (Å²) in [6.07, 6.45) is 0. The fourth-order valence-corrected chi connectivity index (χ4v) is 4.62. The highest BCUT2D eigenvalue weighted by Crippen LogP contribution is 2.28. The smallest absolute Gasteiger partial charge is 0.264 e. The molecular formula is C21H17Cl3N2O3S. The second-order valence-electron chi connectivity index (χ2n) is 6.48. The average molecular weight is 484 g/mol. The summed E-state index contributed by atoms with van der Waals surface area (Å²) in [7, 11) is -4.04. The predicted octanol–water partition coefficient (Wildman–Crippen LogP) is 5.79. The van der Waals surface area contributed by atoms with Crippen molar-refractivity contribution in [1.29, 1.82) is 0 Å². The monoisotopic (exact) mass is 482 g/mol. The first-order valence-electron chi connectivity index (χ1n) is 8.77. The topological polar surface area (TPSA) is 66.5 Å². The van der Waals surface area contributed by atoms with Crippen LogP contribution in [-0.4, -0.2) is 20.9 Å². The van der Waals surface area contributed by atoms with E-state index < -0.39 is 22.5 Å². The Labute approximate surface area is 190 Å². The number of rotatable bonds is 6. The maximum absolute atomic E-state index is 13.3. The Morgan fingerprint density at radius 3 is 2.27 bits per heavy atom. The molecule has 1 amide bonds. The van der Waals surface area contributed by atoms with Gasteiger partial charge in [-0.15, -0.1) is 0 Å². The largest absolute Gasteiger partial charge is 0.323 e. The molecule has 0 bridgehead atoms. The zero-order valence-electron chi connectivity index (χ0n) is 15.8. The second kappa shape index (κ2) is 9.27. The van der Waals surface area contributed by atoms with E-state index in [4.69, 9.17) is 34.8 Å². The molecule has 0 aliphatic rings. The van der Waals surface area contributed by atoms with Gasteiger partial charge in [0.25, 0.3) is 10.0 Å². The predicted molar refractivity (Wildman–Crippen MR) is 122 cm³/mol. The third kappa shape index (κ3) is 5.26. The normalized spacial score (nSPS) is 11.2. The number of carbonyl (C=O) groups is 1. The first kappa shape index (κ1) is 22.4. The molecule has 0 aliphatic carbocycles. The van der Waals surface area contributed by atoms with E-state index in [2.05, 4.69) is 5.32 Å². The van der Waals surface area contributed by atoms with Gasteiger partial charge in [-0.05, 0) is 67.1 Å². The van der Waals surface area contributed by atoms with Gasteiger partial charge in [0.05, 0.1) is 21.3 Å². The van der Waals surface area contributed by atoms with Crippen molar-refractivity contribution in [3.8, 4) is 0 Å². The number of nitrogens with one attached hydrogen (secondary N) is 1. The van der Waals surface area contributed by atoms with Crippen LogP contribution in [0.3, 0.4) is 0 Å². The standard InChI is InChI=1S/C21H17Cl3N2O3S/c1-14-3-2-4-17(11-14)26(30(28,29)18-8-5-15(22)6-9-18)13-21(27)25-20-12-16(23)7-10-19(20)24/h2-12H,13H2,1H3,(H,25,27). The lowest BCUT2D eigenvalue weighted by atomic mass is 10.2. The minimum absolute atomic E-state index is 0.0157. The Balaban J connectivity index is 1.96. The third-order valence-electron chi connectivity index (χ3n) is 4.18. The summed E-state index contributed by atoms with van der Waals surface area (Å²) in [5, 5.41) is 3.70. The lowest BCUT2D eigenvalue weighted by molar-refractivity contribution is -0.114. The molecule has 0 heterocycles. The van der Waals surface area contributed by atoms with E-state index in [1.807, 2.05) is 13.0 Å². The Morgan fingerprint density at radius 2 is 1.60 bits per heavy atom. The molecule has 1 N–H and O–H groups in total. The van der Waals surface area contributed by atoms with Gasteiger partial charge >= 0.3 is 0 Å². The van der Waals surface area contributed by atoms with E-state index in [0.29, 0.717) is 21.4 Å². The molecular weight excluding hydrogens is 467 g/mol. The number of sulfonamides is 1. The van der Waals surface area contributed by atoms with Crippen molar-refractivity contribution < 1.29 is 13.2 Å². The number of benzene rings is 3. The molecule has 0 aliphatic heterocycles. The molecule has 3 rings (SSSR count). The van der Waals surface area contributed by atoms with Crippen LogP contribution in [-0.2, 0) is 14.8 Å². The number of amides is 1. The summed E-state index contributed by atoms with van der Waals surface area (Å²) in [6.45, 7) is 1.37. The minimum Gasteiger partial charge on any atom is -0.323 e. The molecule has 0 saturated carbocycles. The molecule has 3 aromatic rings.